The summed E-state index contributed by atoms with van der Waals surface area (Å²) in [4.78, 5) is 9.03. The van der Waals surface area contributed by atoms with Crippen molar-refractivity contribution in [2.24, 2.45) is 0 Å². The summed E-state index contributed by atoms with van der Waals surface area (Å²) >= 11 is 4.31. The maximum atomic E-state index is 8.67. The minimum Gasteiger partial charge on any atom is -0.395 e. The molecule has 0 fully saturated rings. The third-order valence-electron chi connectivity index (χ3n) is 4.33. The van der Waals surface area contributed by atoms with E-state index >= 15 is 0 Å². The van der Waals surface area contributed by atoms with Gasteiger partial charge >= 0.3 is 0 Å². The van der Waals surface area contributed by atoms with E-state index in [4.69, 9.17) is 10.8 Å². The number of nitrogens with zero attached hydrogens (tertiary/aromatic N) is 2. The number of aliphatic hydroxyl groups is 1. The Morgan fingerprint density at radius 2 is 1.79 bits per heavy atom. The van der Waals surface area contributed by atoms with Crippen LogP contribution in [-0.2, 0) is 6.54 Å². The van der Waals surface area contributed by atoms with Gasteiger partial charge in [0.25, 0.3) is 0 Å². The molecule has 0 radical (unpaired) electrons. The van der Waals surface area contributed by atoms with Crippen molar-refractivity contribution in [1.82, 2.24) is 15.3 Å². The number of aromatic nitrogens is 2. The van der Waals surface area contributed by atoms with Crippen molar-refractivity contribution in [1.29, 1.82) is 0 Å². The van der Waals surface area contributed by atoms with Gasteiger partial charge in [-0.3, -0.25) is 4.98 Å². The Balaban J connectivity index is 0.000000176. The van der Waals surface area contributed by atoms with Crippen molar-refractivity contribution in [3.05, 3.63) is 84.8 Å². The second-order valence-electron chi connectivity index (χ2n) is 6.45. The molecular weight excluding hydrogens is 380 g/mol. The van der Waals surface area contributed by atoms with E-state index in [0.717, 1.165) is 27.8 Å². The van der Waals surface area contributed by atoms with Crippen LogP contribution in [0.4, 0.5) is 5.82 Å². The zero-order valence-electron chi connectivity index (χ0n) is 16.0. The first-order valence-electron chi connectivity index (χ1n) is 9.31. The van der Waals surface area contributed by atoms with Gasteiger partial charge in [0.2, 0.25) is 0 Å². The predicted octanol–water partition coefficient (Wildman–Crippen LogP) is 3.94. The molecule has 6 heteroatoms. The van der Waals surface area contributed by atoms with Crippen LogP contribution in [0.25, 0.3) is 21.9 Å². The zero-order chi connectivity index (χ0) is 20.5. The third-order valence-corrected chi connectivity index (χ3v) is 4.72. The van der Waals surface area contributed by atoms with Crippen LogP contribution in [0, 0.1) is 0 Å². The minimum atomic E-state index is 0.174. The molecule has 4 rings (SSSR count). The SMILES string of the molecule is Nc1cc2c(S)cccc2cn1.OCCNCc1ccc(-c2cccnc2)cc1. The van der Waals surface area contributed by atoms with Crippen molar-refractivity contribution in [2.75, 3.05) is 18.9 Å². The normalized spacial score (nSPS) is 10.4. The maximum Gasteiger partial charge on any atom is 0.123 e. The highest BCUT2D eigenvalue weighted by Gasteiger charge is 1.98. The summed E-state index contributed by atoms with van der Waals surface area (Å²) in [6, 6.07) is 20.0. The molecule has 0 aliphatic carbocycles. The van der Waals surface area contributed by atoms with Gasteiger partial charge in [-0.1, -0.05) is 42.5 Å². The number of anilines is 1. The molecule has 2 heterocycles. The highest BCUT2D eigenvalue weighted by Crippen LogP contribution is 2.22. The van der Waals surface area contributed by atoms with Crippen molar-refractivity contribution in [3.63, 3.8) is 0 Å². The molecule has 0 amide bonds. The molecule has 4 aromatic rings. The fourth-order valence-electron chi connectivity index (χ4n) is 2.83. The third kappa shape index (κ3) is 6.02. The first-order valence-corrected chi connectivity index (χ1v) is 9.76. The second kappa shape index (κ2) is 10.6. The van der Waals surface area contributed by atoms with Crippen LogP contribution in [0.1, 0.15) is 5.56 Å². The van der Waals surface area contributed by atoms with E-state index in [1.807, 2.05) is 42.6 Å². The smallest absolute Gasteiger partial charge is 0.123 e. The highest BCUT2D eigenvalue weighted by atomic mass is 32.1. The lowest BCUT2D eigenvalue weighted by atomic mass is 10.1. The summed E-state index contributed by atoms with van der Waals surface area (Å²) in [6.45, 7) is 1.59. The molecule has 0 unspecified atom stereocenters. The second-order valence-corrected chi connectivity index (χ2v) is 6.93. The van der Waals surface area contributed by atoms with Gasteiger partial charge < -0.3 is 16.2 Å². The highest BCUT2D eigenvalue weighted by molar-refractivity contribution is 7.80. The molecule has 2 aromatic heterocycles. The van der Waals surface area contributed by atoms with E-state index in [2.05, 4.69) is 52.2 Å². The Kier molecular flexibility index (Phi) is 7.58. The standard InChI is InChI=1S/C14H16N2O.C9H8N2S/c17-9-8-16-10-12-3-5-13(6-4-12)14-2-1-7-15-11-14;10-9-4-7-6(5-11-9)2-1-3-8(7)12/h1-7,11,16-17H,8-10H2;1-5,12H,(H2,10,11). The van der Waals surface area contributed by atoms with Gasteiger partial charge in [-0.15, -0.1) is 12.6 Å². The number of aliphatic hydroxyl groups excluding tert-OH is 1. The summed E-state index contributed by atoms with van der Waals surface area (Å²) in [6.07, 6.45) is 5.39. The molecule has 0 saturated carbocycles. The number of pyridine rings is 2. The van der Waals surface area contributed by atoms with Crippen LogP contribution >= 0.6 is 12.6 Å². The quantitative estimate of drug-likeness (QED) is 0.299. The predicted molar refractivity (Wildman–Crippen MR) is 122 cm³/mol. The van der Waals surface area contributed by atoms with Crippen LogP contribution in [0.15, 0.2) is 84.1 Å². The molecule has 0 bridgehead atoms. The Morgan fingerprint density at radius 1 is 0.966 bits per heavy atom. The first-order chi connectivity index (χ1) is 14.2. The van der Waals surface area contributed by atoms with Crippen LogP contribution in [-0.4, -0.2) is 28.2 Å². The number of rotatable bonds is 5. The number of hydrogen-bond acceptors (Lipinski definition) is 6. The molecule has 4 N–H and O–H groups in total. The van der Waals surface area contributed by atoms with Gasteiger partial charge in [0.15, 0.2) is 0 Å². The van der Waals surface area contributed by atoms with Gasteiger partial charge in [-0.2, -0.15) is 0 Å². The van der Waals surface area contributed by atoms with Gasteiger partial charge in [0, 0.05) is 47.3 Å². The number of fused-ring (bicyclic) bond motifs is 1. The maximum absolute atomic E-state index is 8.67. The molecule has 29 heavy (non-hydrogen) atoms. The minimum absolute atomic E-state index is 0.174. The first kappa shape index (κ1) is 20.8. The fourth-order valence-corrected chi connectivity index (χ4v) is 3.11. The molecule has 148 valence electrons. The Hall–Kier alpha value is -2.93. The summed E-state index contributed by atoms with van der Waals surface area (Å²) in [5, 5.41) is 13.9. The molecular formula is C23H24N4OS. The van der Waals surface area contributed by atoms with Crippen molar-refractivity contribution >= 4 is 29.2 Å². The monoisotopic (exact) mass is 404 g/mol. The number of nitrogens with two attached hydrogens (primary N) is 1. The average Bonchev–Trinajstić information content (AvgIpc) is 2.76. The Labute approximate surface area is 176 Å². The van der Waals surface area contributed by atoms with Crippen LogP contribution < -0.4 is 11.1 Å². The van der Waals surface area contributed by atoms with E-state index < -0.39 is 0 Å². The van der Waals surface area contributed by atoms with Crippen LogP contribution in [0.5, 0.6) is 0 Å². The van der Waals surface area contributed by atoms with E-state index in [-0.39, 0.29) is 6.61 Å². The molecule has 0 aliphatic heterocycles. The molecule has 0 aliphatic rings. The van der Waals surface area contributed by atoms with E-state index in [1.165, 1.54) is 11.1 Å². The summed E-state index contributed by atoms with van der Waals surface area (Å²) in [5.41, 5.74) is 9.06. The topological polar surface area (TPSA) is 84.1 Å². The van der Waals surface area contributed by atoms with Crippen molar-refractivity contribution < 1.29 is 5.11 Å². The summed E-state index contributed by atoms with van der Waals surface area (Å²) < 4.78 is 0. The number of nitrogen functional groups attached to an aromatic ring is 1. The molecule has 5 nitrogen and oxygen atoms in total. The van der Waals surface area contributed by atoms with Crippen molar-refractivity contribution in [2.45, 2.75) is 11.4 Å². The molecule has 0 atom stereocenters. The van der Waals surface area contributed by atoms with Crippen LogP contribution in [0.3, 0.4) is 0 Å². The molecule has 2 aromatic carbocycles. The number of thiol groups is 1. The number of benzene rings is 2. The van der Waals surface area contributed by atoms with E-state index in [9.17, 15) is 0 Å². The average molecular weight is 405 g/mol. The lowest BCUT2D eigenvalue weighted by Gasteiger charge is -2.05. The zero-order valence-corrected chi connectivity index (χ0v) is 16.9. The largest absolute Gasteiger partial charge is 0.395 e. The number of nitrogens with one attached hydrogen (secondary N) is 1. The lowest BCUT2D eigenvalue weighted by molar-refractivity contribution is 0.292. The van der Waals surface area contributed by atoms with Gasteiger partial charge in [0.1, 0.15) is 5.82 Å². The van der Waals surface area contributed by atoms with E-state index in [0.29, 0.717) is 12.4 Å². The Morgan fingerprint density at radius 3 is 2.52 bits per heavy atom. The summed E-state index contributed by atoms with van der Waals surface area (Å²) in [7, 11) is 0. The summed E-state index contributed by atoms with van der Waals surface area (Å²) in [5.74, 6) is 0.531. The van der Waals surface area contributed by atoms with Gasteiger partial charge in [-0.25, -0.2) is 4.98 Å². The Bertz CT molecular complexity index is 1040. The lowest BCUT2D eigenvalue weighted by Crippen LogP contribution is -2.17. The van der Waals surface area contributed by atoms with Gasteiger partial charge in [-0.05, 0) is 34.9 Å². The fraction of sp³-hybridized carbons (Fsp3) is 0.130. The van der Waals surface area contributed by atoms with E-state index in [1.54, 1.807) is 12.4 Å². The number of hydrogen-bond donors (Lipinski definition) is 4. The van der Waals surface area contributed by atoms with Crippen LogP contribution in [0.2, 0.25) is 0 Å². The van der Waals surface area contributed by atoms with Gasteiger partial charge in [0.05, 0.1) is 6.61 Å². The molecule has 0 spiro atoms. The molecule has 0 saturated heterocycles. The van der Waals surface area contributed by atoms with Crippen molar-refractivity contribution in [3.8, 4) is 11.1 Å².